The Kier molecular flexibility index (Phi) is 2.51. The van der Waals surface area contributed by atoms with Gasteiger partial charge in [-0.2, -0.15) is 0 Å². The third-order valence-corrected chi connectivity index (χ3v) is 2.37. The van der Waals surface area contributed by atoms with Gasteiger partial charge in [0.2, 0.25) is 5.95 Å². The van der Waals surface area contributed by atoms with Gasteiger partial charge in [0.25, 0.3) is 0 Å². The van der Waals surface area contributed by atoms with Crippen LogP contribution in [-0.2, 0) is 4.79 Å². The van der Waals surface area contributed by atoms with Crippen LogP contribution in [0.3, 0.4) is 0 Å². The molecule has 2 N–H and O–H groups in total. The normalized spacial score (nSPS) is 25.5. The van der Waals surface area contributed by atoms with Crippen molar-refractivity contribution in [3.8, 4) is 0 Å². The number of anilines is 1. The molecule has 0 spiro atoms. The average molecular weight is 209 g/mol. The van der Waals surface area contributed by atoms with E-state index in [1.807, 2.05) is 0 Å². The lowest BCUT2D eigenvalue weighted by Crippen LogP contribution is -2.37. The van der Waals surface area contributed by atoms with E-state index in [9.17, 15) is 9.90 Å². The fourth-order valence-electron chi connectivity index (χ4n) is 1.71. The quantitative estimate of drug-likeness (QED) is 0.683. The molecule has 0 amide bonds. The van der Waals surface area contributed by atoms with Crippen LogP contribution in [0.2, 0.25) is 0 Å². The largest absolute Gasteiger partial charge is 0.480 e. The summed E-state index contributed by atoms with van der Waals surface area (Å²) in [6.45, 7) is 0.265. The van der Waals surface area contributed by atoms with Crippen molar-refractivity contribution in [3.63, 3.8) is 0 Å². The second-order valence-electron chi connectivity index (χ2n) is 3.44. The van der Waals surface area contributed by atoms with Crippen molar-refractivity contribution in [2.24, 2.45) is 0 Å². The van der Waals surface area contributed by atoms with E-state index in [0.717, 1.165) is 0 Å². The first kappa shape index (κ1) is 9.85. The molecule has 2 heterocycles. The van der Waals surface area contributed by atoms with E-state index in [-0.39, 0.29) is 13.0 Å². The summed E-state index contributed by atoms with van der Waals surface area (Å²) >= 11 is 0. The van der Waals surface area contributed by atoms with Gasteiger partial charge >= 0.3 is 5.97 Å². The second-order valence-corrected chi connectivity index (χ2v) is 3.44. The Morgan fingerprint density at radius 3 is 2.73 bits per heavy atom. The van der Waals surface area contributed by atoms with Crippen LogP contribution in [0.5, 0.6) is 0 Å². The van der Waals surface area contributed by atoms with Crippen LogP contribution < -0.4 is 4.90 Å². The van der Waals surface area contributed by atoms with E-state index in [4.69, 9.17) is 5.11 Å². The minimum absolute atomic E-state index is 0.216. The minimum atomic E-state index is -0.959. The number of rotatable bonds is 2. The highest BCUT2D eigenvalue weighted by atomic mass is 16.4. The number of nitrogens with zero attached hydrogens (tertiary/aromatic N) is 3. The Hall–Kier alpha value is -1.69. The summed E-state index contributed by atoms with van der Waals surface area (Å²) in [6.07, 6.45) is 2.68. The molecule has 0 aromatic carbocycles. The predicted molar refractivity (Wildman–Crippen MR) is 51.4 cm³/mol. The van der Waals surface area contributed by atoms with Crippen LogP contribution in [-0.4, -0.2) is 44.8 Å². The highest BCUT2D eigenvalue weighted by molar-refractivity contribution is 5.78. The molecule has 2 rings (SSSR count). The first-order valence-electron chi connectivity index (χ1n) is 4.63. The topological polar surface area (TPSA) is 86.5 Å². The summed E-state index contributed by atoms with van der Waals surface area (Å²) in [6, 6.07) is 0.925. The van der Waals surface area contributed by atoms with Crippen molar-refractivity contribution in [2.45, 2.75) is 18.6 Å². The number of aliphatic hydroxyl groups is 1. The highest BCUT2D eigenvalue weighted by Gasteiger charge is 2.37. The number of carbonyl (C=O) groups is 1. The van der Waals surface area contributed by atoms with Crippen LogP contribution in [0, 0.1) is 0 Å². The molecule has 0 bridgehead atoms. The smallest absolute Gasteiger partial charge is 0.326 e. The summed E-state index contributed by atoms with van der Waals surface area (Å²) in [5, 5.41) is 18.4. The molecule has 0 aliphatic carbocycles. The Morgan fingerprint density at radius 1 is 1.47 bits per heavy atom. The molecule has 1 saturated heterocycles. The van der Waals surface area contributed by atoms with Gasteiger partial charge in [0.1, 0.15) is 6.04 Å². The van der Waals surface area contributed by atoms with Gasteiger partial charge in [-0.1, -0.05) is 0 Å². The van der Waals surface area contributed by atoms with Gasteiger partial charge < -0.3 is 15.1 Å². The maximum Gasteiger partial charge on any atom is 0.326 e. The number of aromatic nitrogens is 2. The van der Waals surface area contributed by atoms with E-state index in [1.165, 1.54) is 4.90 Å². The lowest BCUT2D eigenvalue weighted by molar-refractivity contribution is -0.138. The fraction of sp³-hybridized carbons (Fsp3) is 0.444. The number of carboxylic acid groups (broad SMARTS) is 1. The highest BCUT2D eigenvalue weighted by Crippen LogP contribution is 2.22. The SMILES string of the molecule is O=C(O)[C@H]1C[C@H](O)CN1c1ncccn1. The molecule has 0 radical (unpaired) electrons. The number of aliphatic carboxylic acids is 1. The summed E-state index contributed by atoms with van der Waals surface area (Å²) < 4.78 is 0. The average Bonchev–Trinajstić information content (AvgIpc) is 2.62. The summed E-state index contributed by atoms with van der Waals surface area (Å²) in [4.78, 5) is 20.4. The molecular weight excluding hydrogens is 198 g/mol. The van der Waals surface area contributed by atoms with Crippen molar-refractivity contribution in [1.29, 1.82) is 0 Å². The van der Waals surface area contributed by atoms with Crippen LogP contribution >= 0.6 is 0 Å². The molecule has 80 valence electrons. The Morgan fingerprint density at radius 2 is 2.13 bits per heavy atom. The molecule has 1 aliphatic rings. The lowest BCUT2D eigenvalue weighted by Gasteiger charge is -2.20. The van der Waals surface area contributed by atoms with Gasteiger partial charge in [-0.3, -0.25) is 0 Å². The fourth-order valence-corrected chi connectivity index (χ4v) is 1.71. The number of hydrogen-bond acceptors (Lipinski definition) is 5. The maximum absolute atomic E-state index is 10.9. The van der Waals surface area contributed by atoms with Crippen molar-refractivity contribution in [1.82, 2.24) is 9.97 Å². The van der Waals surface area contributed by atoms with Crippen molar-refractivity contribution < 1.29 is 15.0 Å². The van der Waals surface area contributed by atoms with Crippen molar-refractivity contribution in [2.75, 3.05) is 11.4 Å². The third-order valence-electron chi connectivity index (χ3n) is 2.37. The zero-order valence-electron chi connectivity index (χ0n) is 7.95. The van der Waals surface area contributed by atoms with Crippen molar-refractivity contribution >= 4 is 11.9 Å². The molecule has 6 nitrogen and oxygen atoms in total. The summed E-state index contributed by atoms with van der Waals surface area (Å²) in [7, 11) is 0. The van der Waals surface area contributed by atoms with Crippen molar-refractivity contribution in [3.05, 3.63) is 18.5 Å². The number of hydrogen-bond donors (Lipinski definition) is 2. The summed E-state index contributed by atoms with van der Waals surface area (Å²) in [5.41, 5.74) is 0. The monoisotopic (exact) mass is 209 g/mol. The lowest BCUT2D eigenvalue weighted by atomic mass is 10.2. The first-order valence-corrected chi connectivity index (χ1v) is 4.63. The molecule has 6 heteroatoms. The Labute approximate surface area is 86.2 Å². The van der Waals surface area contributed by atoms with E-state index >= 15 is 0 Å². The molecule has 1 aromatic rings. The molecule has 15 heavy (non-hydrogen) atoms. The zero-order chi connectivity index (χ0) is 10.8. The number of aliphatic hydroxyl groups excluding tert-OH is 1. The van der Waals surface area contributed by atoms with Gasteiger partial charge in [-0.25, -0.2) is 14.8 Å². The van der Waals surface area contributed by atoms with Gasteiger partial charge in [0.05, 0.1) is 6.10 Å². The predicted octanol–water partition coefficient (Wildman–Crippen LogP) is -0.499. The number of carboxylic acids is 1. The van der Waals surface area contributed by atoms with E-state index in [2.05, 4.69) is 9.97 Å². The zero-order valence-corrected chi connectivity index (χ0v) is 7.95. The van der Waals surface area contributed by atoms with Crippen LogP contribution in [0.25, 0.3) is 0 Å². The van der Waals surface area contributed by atoms with Crippen LogP contribution in [0.15, 0.2) is 18.5 Å². The van der Waals surface area contributed by atoms with E-state index in [1.54, 1.807) is 18.5 Å². The van der Waals surface area contributed by atoms with Gasteiger partial charge in [-0.05, 0) is 6.07 Å². The molecule has 0 saturated carbocycles. The second kappa shape index (κ2) is 3.82. The molecule has 0 unspecified atom stereocenters. The Bertz CT molecular complexity index is 357. The molecule has 1 aromatic heterocycles. The van der Waals surface area contributed by atoms with Crippen LogP contribution in [0.4, 0.5) is 5.95 Å². The summed E-state index contributed by atoms with van der Waals surface area (Å²) in [5.74, 6) is -0.611. The van der Waals surface area contributed by atoms with Gasteiger partial charge in [0.15, 0.2) is 0 Å². The molecular formula is C9H11N3O3. The van der Waals surface area contributed by atoms with Crippen LogP contribution in [0.1, 0.15) is 6.42 Å². The minimum Gasteiger partial charge on any atom is -0.480 e. The van der Waals surface area contributed by atoms with E-state index < -0.39 is 18.1 Å². The van der Waals surface area contributed by atoms with Gasteiger partial charge in [0, 0.05) is 25.4 Å². The van der Waals surface area contributed by atoms with Gasteiger partial charge in [-0.15, -0.1) is 0 Å². The first-order chi connectivity index (χ1) is 7.18. The standard InChI is InChI=1S/C9H11N3O3/c13-6-4-7(8(14)15)12(5-6)9-10-2-1-3-11-9/h1-3,6-7,13H,4-5H2,(H,14,15)/t6-,7+/m0/s1. The molecule has 1 aliphatic heterocycles. The third kappa shape index (κ3) is 1.89. The Balaban J connectivity index is 2.24. The van der Waals surface area contributed by atoms with E-state index in [0.29, 0.717) is 5.95 Å². The number of β-amino-alcohol motifs (C(OH)–C–C–N with tert-alkyl or cyclic N) is 1. The maximum atomic E-state index is 10.9. The molecule has 2 atom stereocenters. The molecule has 1 fully saturated rings.